The largest absolute Gasteiger partial charge is 0.446 e. The van der Waals surface area contributed by atoms with Crippen LogP contribution in [-0.2, 0) is 28.4 Å². The number of aromatic nitrogens is 1. The van der Waals surface area contributed by atoms with Gasteiger partial charge in [0.25, 0.3) is 0 Å². The molecule has 3 rings (SSSR count). The number of fused-ring (bicyclic) bond motifs is 1. The van der Waals surface area contributed by atoms with E-state index in [1.807, 2.05) is 6.92 Å². The number of amides is 2. The van der Waals surface area contributed by atoms with E-state index in [0.717, 1.165) is 0 Å². The van der Waals surface area contributed by atoms with Crippen molar-refractivity contribution in [1.82, 2.24) is 9.88 Å². The molecule has 2 aromatic rings. The minimum Gasteiger partial charge on any atom is -0.446 e. The van der Waals surface area contributed by atoms with Gasteiger partial charge >= 0.3 is 18.4 Å². The maximum absolute atomic E-state index is 13.4. The third kappa shape index (κ3) is 6.39. The topological polar surface area (TPSA) is 62.7 Å². The average Bonchev–Trinajstić information content (AvgIpc) is 2.79. The summed E-state index contributed by atoms with van der Waals surface area (Å²) < 4.78 is 86.0. The molecule has 0 spiro atoms. The summed E-state index contributed by atoms with van der Waals surface area (Å²) in [5, 5.41) is 0. The molecule has 0 saturated heterocycles. The highest BCUT2D eigenvalue weighted by Gasteiger charge is 2.42. The van der Waals surface area contributed by atoms with Crippen molar-refractivity contribution in [3.05, 3.63) is 58.4 Å². The second-order valence-electron chi connectivity index (χ2n) is 9.53. The molecule has 38 heavy (non-hydrogen) atoms. The van der Waals surface area contributed by atoms with Gasteiger partial charge in [0.1, 0.15) is 0 Å². The summed E-state index contributed by atoms with van der Waals surface area (Å²) in [6.07, 6.45) is -10.4. The molecule has 0 radical (unpaired) electrons. The molecule has 0 unspecified atom stereocenters. The Labute approximate surface area is 216 Å². The first-order chi connectivity index (χ1) is 17.5. The molecule has 0 aliphatic carbocycles. The third-order valence-corrected chi connectivity index (χ3v) is 6.26. The highest BCUT2D eigenvalue weighted by atomic mass is 19.4. The lowest BCUT2D eigenvalue weighted by atomic mass is 9.91. The van der Waals surface area contributed by atoms with Gasteiger partial charge in [0, 0.05) is 25.2 Å². The first kappa shape index (κ1) is 29.2. The van der Waals surface area contributed by atoms with Crippen molar-refractivity contribution in [2.24, 2.45) is 0 Å². The SMILES string of the molecule is CC[C@@H]1C[C@H](N(Cc2cc(C(F)(F)F)cc(C(F)(F)F)c2)C(C)=O)c2nc(C)ccc2N1C(=O)OC(C)C. The van der Waals surface area contributed by atoms with Crippen LogP contribution in [0.2, 0.25) is 0 Å². The van der Waals surface area contributed by atoms with E-state index in [2.05, 4.69) is 4.98 Å². The molecule has 2 amide bonds. The number of hydrogen-bond acceptors (Lipinski definition) is 4. The first-order valence-corrected chi connectivity index (χ1v) is 12.1. The normalized spacial score (nSPS) is 17.8. The molecule has 0 N–H and O–H groups in total. The van der Waals surface area contributed by atoms with Crippen LogP contribution in [0.25, 0.3) is 0 Å². The summed E-state index contributed by atoms with van der Waals surface area (Å²) in [7, 11) is 0. The number of aryl methyl sites for hydroxylation is 1. The Morgan fingerprint density at radius 1 is 1.08 bits per heavy atom. The minimum absolute atomic E-state index is 0.0494. The van der Waals surface area contributed by atoms with Crippen molar-refractivity contribution in [3.8, 4) is 0 Å². The molecule has 208 valence electrons. The quantitative estimate of drug-likeness (QED) is 0.378. The zero-order valence-corrected chi connectivity index (χ0v) is 21.6. The summed E-state index contributed by atoms with van der Waals surface area (Å²) in [5.74, 6) is -0.566. The Morgan fingerprint density at radius 3 is 2.13 bits per heavy atom. The molecule has 0 bridgehead atoms. The predicted octanol–water partition coefficient (Wildman–Crippen LogP) is 7.05. The van der Waals surface area contributed by atoms with Crippen LogP contribution < -0.4 is 4.90 Å². The van der Waals surface area contributed by atoms with Crippen molar-refractivity contribution in [1.29, 1.82) is 0 Å². The Morgan fingerprint density at radius 2 is 1.66 bits per heavy atom. The van der Waals surface area contributed by atoms with Gasteiger partial charge < -0.3 is 9.64 Å². The molecule has 2 atom stereocenters. The van der Waals surface area contributed by atoms with Gasteiger partial charge in [0.2, 0.25) is 5.91 Å². The number of benzene rings is 1. The zero-order chi connectivity index (χ0) is 28.6. The van der Waals surface area contributed by atoms with Gasteiger partial charge in [0.05, 0.1) is 34.7 Å². The number of hydrogen-bond donors (Lipinski definition) is 0. The van der Waals surface area contributed by atoms with Gasteiger partial charge in [-0.05, 0) is 69.5 Å². The van der Waals surface area contributed by atoms with Gasteiger partial charge in [-0.3, -0.25) is 14.7 Å². The Balaban J connectivity index is 2.12. The summed E-state index contributed by atoms with van der Waals surface area (Å²) >= 11 is 0. The lowest BCUT2D eigenvalue weighted by Crippen LogP contribution is -2.49. The lowest BCUT2D eigenvalue weighted by molar-refractivity contribution is -0.143. The molecule has 0 saturated carbocycles. The van der Waals surface area contributed by atoms with Crippen molar-refractivity contribution in [3.63, 3.8) is 0 Å². The van der Waals surface area contributed by atoms with Crippen LogP contribution in [0.3, 0.4) is 0 Å². The summed E-state index contributed by atoms with van der Waals surface area (Å²) in [5.41, 5.74) is -2.01. The Bertz CT molecular complexity index is 1160. The first-order valence-electron chi connectivity index (χ1n) is 12.1. The van der Waals surface area contributed by atoms with E-state index in [9.17, 15) is 35.9 Å². The molecular formula is C26H29F6N3O3. The van der Waals surface area contributed by atoms with Crippen molar-refractivity contribution in [2.45, 2.75) is 84.5 Å². The summed E-state index contributed by atoms with van der Waals surface area (Å²) in [6.45, 7) is 7.58. The number of nitrogens with zero attached hydrogens (tertiary/aromatic N) is 3. The number of alkyl halides is 6. The minimum atomic E-state index is -5.02. The van der Waals surface area contributed by atoms with E-state index in [0.29, 0.717) is 35.6 Å². The monoisotopic (exact) mass is 545 g/mol. The van der Waals surface area contributed by atoms with Crippen molar-refractivity contribution < 1.29 is 40.7 Å². The second kappa shape index (κ2) is 10.8. The fraction of sp³-hybridized carbons (Fsp3) is 0.500. The highest BCUT2D eigenvalue weighted by Crippen LogP contribution is 2.42. The summed E-state index contributed by atoms with van der Waals surface area (Å²) in [4.78, 5) is 33.0. The van der Waals surface area contributed by atoms with E-state index in [4.69, 9.17) is 4.74 Å². The smallest absolute Gasteiger partial charge is 0.416 e. The maximum Gasteiger partial charge on any atom is 0.416 e. The van der Waals surface area contributed by atoms with E-state index in [1.165, 1.54) is 16.7 Å². The molecule has 1 aromatic heterocycles. The van der Waals surface area contributed by atoms with Crippen LogP contribution in [-0.4, -0.2) is 34.0 Å². The maximum atomic E-state index is 13.4. The van der Waals surface area contributed by atoms with Crippen LogP contribution in [0.1, 0.15) is 74.7 Å². The van der Waals surface area contributed by atoms with Crippen LogP contribution in [0.4, 0.5) is 36.8 Å². The van der Waals surface area contributed by atoms with Gasteiger partial charge in [-0.2, -0.15) is 26.3 Å². The number of carbonyl (C=O) groups is 2. The Hall–Kier alpha value is -3.31. The van der Waals surface area contributed by atoms with E-state index in [-0.39, 0.29) is 18.1 Å². The average molecular weight is 546 g/mol. The Kier molecular flexibility index (Phi) is 8.33. The van der Waals surface area contributed by atoms with E-state index < -0.39 is 60.2 Å². The molecule has 6 nitrogen and oxygen atoms in total. The van der Waals surface area contributed by atoms with Crippen LogP contribution in [0.15, 0.2) is 30.3 Å². The predicted molar refractivity (Wildman–Crippen MR) is 127 cm³/mol. The molecule has 0 fully saturated rings. The van der Waals surface area contributed by atoms with Gasteiger partial charge in [-0.1, -0.05) is 6.92 Å². The van der Waals surface area contributed by atoms with E-state index >= 15 is 0 Å². The van der Waals surface area contributed by atoms with Gasteiger partial charge in [-0.15, -0.1) is 0 Å². The fourth-order valence-corrected chi connectivity index (χ4v) is 4.57. The van der Waals surface area contributed by atoms with E-state index in [1.54, 1.807) is 32.9 Å². The number of rotatable bonds is 5. The molecule has 1 aliphatic heterocycles. The number of ether oxygens (including phenoxy) is 1. The number of carbonyl (C=O) groups excluding carboxylic acids is 2. The van der Waals surface area contributed by atoms with Gasteiger partial charge in [-0.25, -0.2) is 4.79 Å². The number of pyridine rings is 1. The van der Waals surface area contributed by atoms with Gasteiger partial charge in [0.15, 0.2) is 0 Å². The van der Waals surface area contributed by atoms with Crippen molar-refractivity contribution >= 4 is 17.7 Å². The van der Waals surface area contributed by atoms with Crippen LogP contribution >= 0.6 is 0 Å². The second-order valence-corrected chi connectivity index (χ2v) is 9.53. The van der Waals surface area contributed by atoms with Crippen LogP contribution in [0.5, 0.6) is 0 Å². The standard InChI is InChI=1S/C26H29F6N3O3/c1-6-20-12-22(23-21(8-7-15(4)33-23)35(20)24(37)38-14(2)3)34(16(5)36)13-17-9-18(25(27,28)29)11-19(10-17)26(30,31)32/h7-11,14,20,22H,6,12-13H2,1-5H3/t20-,22+/m1/s1. The molecule has 2 heterocycles. The number of anilines is 1. The summed E-state index contributed by atoms with van der Waals surface area (Å²) in [6, 6.07) is 3.33. The molecule has 1 aliphatic rings. The zero-order valence-electron chi connectivity index (χ0n) is 21.6. The fourth-order valence-electron chi connectivity index (χ4n) is 4.57. The highest BCUT2D eigenvalue weighted by molar-refractivity contribution is 5.90. The molecule has 1 aromatic carbocycles. The van der Waals surface area contributed by atoms with Crippen molar-refractivity contribution in [2.75, 3.05) is 4.90 Å². The lowest BCUT2D eigenvalue weighted by Gasteiger charge is -2.43. The number of halogens is 6. The molecule has 12 heteroatoms. The molecular weight excluding hydrogens is 516 g/mol. The third-order valence-electron chi connectivity index (χ3n) is 6.26. The van der Waals surface area contributed by atoms with Crippen LogP contribution in [0, 0.1) is 6.92 Å².